The molecule has 1 aliphatic heterocycles. The van der Waals surface area contributed by atoms with Crippen molar-refractivity contribution in [1.82, 2.24) is 0 Å². The molecule has 2 aliphatic rings. The maximum Gasteiger partial charge on any atom is 0.309 e. The maximum absolute atomic E-state index is 11.8. The molecule has 0 aromatic heterocycles. The normalized spacial score (nSPS) is 32.0. The first-order chi connectivity index (χ1) is 7.87. The Bertz CT molecular complexity index is 381. The molecule has 4 heteroatoms. The highest BCUT2D eigenvalue weighted by atomic mass is 79.9. The number of aliphatic imine (C=N–C) groups is 1. The Morgan fingerprint density at radius 2 is 2.24 bits per heavy atom. The predicted octanol–water partition coefficient (Wildman–Crippen LogP) is 3.09. The monoisotopic (exact) mass is 299 g/mol. The second-order valence-corrected chi connectivity index (χ2v) is 6.63. The van der Waals surface area contributed by atoms with Crippen LogP contribution in [0.4, 0.5) is 0 Å². The molecule has 0 saturated heterocycles. The van der Waals surface area contributed by atoms with Crippen molar-refractivity contribution in [3.8, 4) is 0 Å². The zero-order valence-corrected chi connectivity index (χ0v) is 12.0. The van der Waals surface area contributed by atoms with E-state index in [1.807, 2.05) is 27.0 Å². The first-order valence-corrected chi connectivity index (χ1v) is 6.78. The van der Waals surface area contributed by atoms with E-state index in [4.69, 9.17) is 4.74 Å². The van der Waals surface area contributed by atoms with Crippen LogP contribution in [0.15, 0.2) is 15.6 Å². The van der Waals surface area contributed by atoms with Gasteiger partial charge in [-0.3, -0.25) is 9.79 Å². The van der Waals surface area contributed by atoms with Crippen molar-refractivity contribution in [3.63, 3.8) is 0 Å². The molecule has 0 spiro atoms. The molecule has 0 aromatic carbocycles. The molecule has 0 aromatic rings. The molecule has 0 amide bonds. The summed E-state index contributed by atoms with van der Waals surface area (Å²) in [6, 6.07) is 0.258. The van der Waals surface area contributed by atoms with Crippen LogP contribution in [0.1, 0.15) is 33.6 Å². The summed E-state index contributed by atoms with van der Waals surface area (Å²) in [6.07, 6.45) is 5.78. The fourth-order valence-corrected chi connectivity index (χ4v) is 2.39. The molecule has 0 radical (unpaired) electrons. The van der Waals surface area contributed by atoms with Crippen LogP contribution < -0.4 is 0 Å². The number of dihydropyridines is 1. The topological polar surface area (TPSA) is 38.7 Å². The molecule has 94 valence electrons. The summed E-state index contributed by atoms with van der Waals surface area (Å²) in [5.41, 5.74) is -0.386. The van der Waals surface area contributed by atoms with Crippen LogP contribution in [-0.2, 0) is 9.53 Å². The van der Waals surface area contributed by atoms with Crippen molar-refractivity contribution in [3.05, 3.63) is 10.6 Å². The number of hydrogen-bond donors (Lipinski definition) is 0. The smallest absolute Gasteiger partial charge is 0.309 e. The van der Waals surface area contributed by atoms with Crippen molar-refractivity contribution in [1.29, 1.82) is 0 Å². The van der Waals surface area contributed by atoms with E-state index in [-0.39, 0.29) is 23.5 Å². The first kappa shape index (κ1) is 12.8. The average Bonchev–Trinajstić information content (AvgIpc) is 2.96. The van der Waals surface area contributed by atoms with Gasteiger partial charge in [0, 0.05) is 10.7 Å². The lowest BCUT2D eigenvalue weighted by Gasteiger charge is -2.20. The van der Waals surface area contributed by atoms with E-state index >= 15 is 0 Å². The Balaban J connectivity index is 1.85. The van der Waals surface area contributed by atoms with Crippen LogP contribution in [0.3, 0.4) is 0 Å². The summed E-state index contributed by atoms with van der Waals surface area (Å²) >= 11 is 3.39. The molecule has 3 nitrogen and oxygen atoms in total. The molecule has 1 aliphatic carbocycles. The summed E-state index contributed by atoms with van der Waals surface area (Å²) in [7, 11) is 0. The number of allylic oxidation sites excluding steroid dienone is 1. The van der Waals surface area contributed by atoms with Gasteiger partial charge in [0.05, 0.1) is 12.0 Å². The van der Waals surface area contributed by atoms with Gasteiger partial charge in [-0.2, -0.15) is 0 Å². The zero-order chi connectivity index (χ0) is 12.6. The van der Waals surface area contributed by atoms with Gasteiger partial charge in [0.2, 0.25) is 0 Å². The Morgan fingerprint density at radius 3 is 2.76 bits per heavy atom. The summed E-state index contributed by atoms with van der Waals surface area (Å²) < 4.78 is 6.42. The van der Waals surface area contributed by atoms with Gasteiger partial charge in [-0.25, -0.2) is 0 Å². The van der Waals surface area contributed by atoms with E-state index in [0.29, 0.717) is 5.92 Å². The number of ether oxygens (including phenoxy) is 1. The number of hydrogen-bond acceptors (Lipinski definition) is 3. The number of halogens is 1. The SMILES string of the molecule is CC(C)(C)OC(=O)[C@@H]1C[C@H]1C1CC=C(Br)C=N1. The second kappa shape index (κ2) is 4.56. The summed E-state index contributed by atoms with van der Waals surface area (Å²) in [5, 5.41) is 0. The standard InChI is InChI=1S/C13H18BrNO2/c1-13(2,3)17-12(16)10-6-9(10)11-5-4-8(14)7-15-11/h4,7,9-11H,5-6H2,1-3H3/t9-,10-,11?/m1/s1. The molecule has 1 heterocycles. The fourth-order valence-electron chi connectivity index (χ4n) is 2.09. The second-order valence-electron chi connectivity index (χ2n) is 5.71. The minimum absolute atomic E-state index is 0.0571. The Kier molecular flexibility index (Phi) is 3.43. The van der Waals surface area contributed by atoms with Crippen molar-refractivity contribution < 1.29 is 9.53 Å². The number of carbonyl (C=O) groups is 1. The van der Waals surface area contributed by atoms with Gasteiger partial charge in [0.15, 0.2) is 0 Å². The minimum atomic E-state index is -0.386. The Hall–Kier alpha value is -0.640. The number of rotatable bonds is 2. The molecule has 2 rings (SSSR count). The van der Waals surface area contributed by atoms with Crippen molar-refractivity contribution in [2.45, 2.75) is 45.3 Å². The lowest BCUT2D eigenvalue weighted by Crippen LogP contribution is -2.26. The molecule has 1 unspecified atom stereocenters. The number of nitrogens with zero attached hydrogens (tertiary/aromatic N) is 1. The quantitative estimate of drug-likeness (QED) is 0.735. The van der Waals surface area contributed by atoms with Gasteiger partial charge >= 0.3 is 5.97 Å². The molecule has 3 atom stereocenters. The summed E-state index contributed by atoms with van der Waals surface area (Å²) in [6.45, 7) is 5.71. The van der Waals surface area contributed by atoms with Crippen molar-refractivity contribution >= 4 is 28.1 Å². The van der Waals surface area contributed by atoms with E-state index in [2.05, 4.69) is 27.0 Å². The van der Waals surface area contributed by atoms with Crippen LogP contribution in [0.5, 0.6) is 0 Å². The van der Waals surface area contributed by atoms with E-state index in [1.165, 1.54) is 0 Å². The van der Waals surface area contributed by atoms with Gasteiger partial charge < -0.3 is 4.74 Å². The molecule has 1 fully saturated rings. The first-order valence-electron chi connectivity index (χ1n) is 5.98. The van der Waals surface area contributed by atoms with E-state index in [9.17, 15) is 4.79 Å². The highest BCUT2D eigenvalue weighted by molar-refractivity contribution is 9.12. The molecular formula is C13H18BrNO2. The highest BCUT2D eigenvalue weighted by Crippen LogP contribution is 2.45. The van der Waals surface area contributed by atoms with E-state index in [0.717, 1.165) is 17.3 Å². The lowest BCUT2D eigenvalue weighted by atomic mass is 10.1. The van der Waals surface area contributed by atoms with Crippen molar-refractivity contribution in [2.24, 2.45) is 16.8 Å². The number of carbonyl (C=O) groups excluding carboxylic acids is 1. The fraction of sp³-hybridized carbons (Fsp3) is 0.692. The van der Waals surface area contributed by atoms with Gasteiger partial charge in [0.25, 0.3) is 0 Å². The van der Waals surface area contributed by atoms with Crippen LogP contribution in [0.2, 0.25) is 0 Å². The van der Waals surface area contributed by atoms with Crippen molar-refractivity contribution in [2.75, 3.05) is 0 Å². The maximum atomic E-state index is 11.8. The molecule has 17 heavy (non-hydrogen) atoms. The molecule has 0 bridgehead atoms. The van der Waals surface area contributed by atoms with Crippen LogP contribution >= 0.6 is 15.9 Å². The number of esters is 1. The van der Waals surface area contributed by atoms with Crippen LogP contribution in [0.25, 0.3) is 0 Å². The summed E-state index contributed by atoms with van der Waals surface area (Å²) in [4.78, 5) is 16.3. The summed E-state index contributed by atoms with van der Waals surface area (Å²) in [5.74, 6) is 0.367. The molecular weight excluding hydrogens is 282 g/mol. The Morgan fingerprint density at radius 1 is 1.53 bits per heavy atom. The Labute approximate surface area is 110 Å². The van der Waals surface area contributed by atoms with E-state index in [1.54, 1.807) is 0 Å². The van der Waals surface area contributed by atoms with Crippen LogP contribution in [0, 0.1) is 11.8 Å². The van der Waals surface area contributed by atoms with E-state index < -0.39 is 0 Å². The van der Waals surface area contributed by atoms with Gasteiger partial charge in [0.1, 0.15) is 5.60 Å². The third-order valence-electron chi connectivity index (χ3n) is 2.99. The third-order valence-corrected chi connectivity index (χ3v) is 3.52. The average molecular weight is 300 g/mol. The predicted molar refractivity (Wildman–Crippen MR) is 71.3 cm³/mol. The van der Waals surface area contributed by atoms with Gasteiger partial charge in [-0.05, 0) is 55.5 Å². The minimum Gasteiger partial charge on any atom is -0.460 e. The molecule has 0 N–H and O–H groups in total. The van der Waals surface area contributed by atoms with Gasteiger partial charge in [-0.15, -0.1) is 0 Å². The lowest BCUT2D eigenvalue weighted by molar-refractivity contribution is -0.156. The van der Waals surface area contributed by atoms with Gasteiger partial charge in [-0.1, -0.05) is 6.08 Å². The molecule has 1 saturated carbocycles. The highest BCUT2D eigenvalue weighted by Gasteiger charge is 2.49. The largest absolute Gasteiger partial charge is 0.460 e. The zero-order valence-electron chi connectivity index (χ0n) is 10.4. The van der Waals surface area contributed by atoms with Crippen LogP contribution in [-0.4, -0.2) is 23.8 Å². The third kappa shape index (κ3) is 3.41.